The lowest BCUT2D eigenvalue weighted by Crippen LogP contribution is -2.24. The maximum Gasteiger partial charge on any atom is 0.216 e. The first-order valence-corrected chi connectivity index (χ1v) is 4.19. The second-order valence-corrected chi connectivity index (χ2v) is 3.28. The molecule has 0 fully saturated rings. The number of aromatic nitrogens is 2. The van der Waals surface area contributed by atoms with Gasteiger partial charge in [0.15, 0.2) is 0 Å². The van der Waals surface area contributed by atoms with Crippen molar-refractivity contribution < 1.29 is 4.74 Å². The van der Waals surface area contributed by atoms with Gasteiger partial charge in [0.2, 0.25) is 5.88 Å². The Kier molecular flexibility index (Phi) is 1.77. The van der Waals surface area contributed by atoms with Crippen LogP contribution in [-0.2, 0) is 13.1 Å². The average molecular weight is 167 g/mol. The highest BCUT2D eigenvalue weighted by atomic mass is 16.5. The Bertz CT molecular complexity index is 282. The van der Waals surface area contributed by atoms with E-state index in [0.29, 0.717) is 12.5 Å². The van der Waals surface area contributed by atoms with E-state index in [-0.39, 0.29) is 0 Å². The van der Waals surface area contributed by atoms with Gasteiger partial charge in [-0.05, 0) is 0 Å². The summed E-state index contributed by atoms with van der Waals surface area (Å²) < 4.78 is 7.40. The minimum absolute atomic E-state index is 0.504. The van der Waals surface area contributed by atoms with Gasteiger partial charge in [-0.3, -0.25) is 0 Å². The molecule has 2 N–H and O–H groups in total. The predicted molar refractivity (Wildman–Crippen MR) is 44.8 cm³/mol. The highest BCUT2D eigenvalue weighted by Gasteiger charge is 2.19. The minimum atomic E-state index is 0.504. The van der Waals surface area contributed by atoms with Gasteiger partial charge >= 0.3 is 0 Å². The monoisotopic (exact) mass is 167 g/mol. The van der Waals surface area contributed by atoms with E-state index in [1.54, 1.807) is 6.20 Å². The Balaban J connectivity index is 2.32. The summed E-state index contributed by atoms with van der Waals surface area (Å²) in [5.74, 6) is 1.40. The van der Waals surface area contributed by atoms with Crippen molar-refractivity contribution in [2.24, 2.45) is 11.7 Å². The number of rotatable bonds is 1. The lowest BCUT2D eigenvalue weighted by molar-refractivity contribution is 0.173. The summed E-state index contributed by atoms with van der Waals surface area (Å²) in [7, 11) is 0. The summed E-state index contributed by atoms with van der Waals surface area (Å²) in [6.45, 7) is 4.37. The first-order chi connectivity index (χ1) is 5.81. The maximum atomic E-state index is 5.52. The van der Waals surface area contributed by atoms with Crippen molar-refractivity contribution in [2.75, 3.05) is 6.61 Å². The number of fused-ring (bicyclic) bond motifs is 1. The van der Waals surface area contributed by atoms with Crippen LogP contribution in [0.25, 0.3) is 0 Å². The van der Waals surface area contributed by atoms with Crippen molar-refractivity contribution in [1.82, 2.24) is 9.78 Å². The molecule has 0 saturated heterocycles. The summed E-state index contributed by atoms with van der Waals surface area (Å²) in [4.78, 5) is 0. The molecule has 1 aliphatic heterocycles. The largest absolute Gasteiger partial charge is 0.477 e. The third kappa shape index (κ3) is 1.08. The number of hydrogen-bond acceptors (Lipinski definition) is 3. The molecule has 0 aromatic carbocycles. The van der Waals surface area contributed by atoms with E-state index in [0.717, 1.165) is 24.6 Å². The first-order valence-electron chi connectivity index (χ1n) is 4.19. The van der Waals surface area contributed by atoms with Gasteiger partial charge in [0.25, 0.3) is 0 Å². The SMILES string of the molecule is C[C@H]1COc2c(CN)cnn2C1. The number of nitrogens with zero attached hydrogens (tertiary/aromatic N) is 2. The van der Waals surface area contributed by atoms with Crippen LogP contribution in [-0.4, -0.2) is 16.4 Å². The molecule has 4 nitrogen and oxygen atoms in total. The molecule has 1 aromatic heterocycles. The molecule has 66 valence electrons. The quantitative estimate of drug-likeness (QED) is 0.657. The molecule has 0 bridgehead atoms. The summed E-state index contributed by atoms with van der Waals surface area (Å²) >= 11 is 0. The van der Waals surface area contributed by atoms with Gasteiger partial charge in [0, 0.05) is 18.0 Å². The molecular formula is C8H13N3O. The highest BCUT2D eigenvalue weighted by molar-refractivity contribution is 5.24. The van der Waals surface area contributed by atoms with E-state index in [2.05, 4.69) is 12.0 Å². The van der Waals surface area contributed by atoms with Crippen LogP contribution in [0.15, 0.2) is 6.20 Å². The van der Waals surface area contributed by atoms with Crippen molar-refractivity contribution in [3.63, 3.8) is 0 Å². The van der Waals surface area contributed by atoms with Crippen LogP contribution < -0.4 is 10.5 Å². The van der Waals surface area contributed by atoms with E-state index in [1.807, 2.05) is 4.68 Å². The molecule has 1 aliphatic rings. The molecule has 12 heavy (non-hydrogen) atoms. The van der Waals surface area contributed by atoms with Gasteiger partial charge in [-0.25, -0.2) is 4.68 Å². The van der Waals surface area contributed by atoms with Crippen molar-refractivity contribution in [3.05, 3.63) is 11.8 Å². The normalized spacial score (nSPS) is 21.7. The van der Waals surface area contributed by atoms with Gasteiger partial charge in [-0.15, -0.1) is 0 Å². The Morgan fingerprint density at radius 1 is 1.83 bits per heavy atom. The Hall–Kier alpha value is -1.03. The number of ether oxygens (including phenoxy) is 1. The standard InChI is InChI=1S/C8H13N3O/c1-6-4-11-8(12-5-6)7(2-9)3-10-11/h3,6H,2,4-5,9H2,1H3/t6-/m1/s1. The Morgan fingerprint density at radius 3 is 3.42 bits per heavy atom. The molecule has 2 rings (SSSR count). The highest BCUT2D eigenvalue weighted by Crippen LogP contribution is 2.23. The van der Waals surface area contributed by atoms with E-state index >= 15 is 0 Å². The lowest BCUT2D eigenvalue weighted by atomic mass is 10.2. The molecule has 0 saturated carbocycles. The zero-order valence-electron chi connectivity index (χ0n) is 7.16. The van der Waals surface area contributed by atoms with Crippen LogP contribution in [0.3, 0.4) is 0 Å². The van der Waals surface area contributed by atoms with Gasteiger partial charge in [-0.1, -0.05) is 6.92 Å². The van der Waals surface area contributed by atoms with Crippen LogP contribution in [0.4, 0.5) is 0 Å². The van der Waals surface area contributed by atoms with Crippen LogP contribution in [0.1, 0.15) is 12.5 Å². The molecule has 2 heterocycles. The van der Waals surface area contributed by atoms with Crippen molar-refractivity contribution in [3.8, 4) is 5.88 Å². The second kappa shape index (κ2) is 2.79. The van der Waals surface area contributed by atoms with Crippen LogP contribution in [0, 0.1) is 5.92 Å². The topological polar surface area (TPSA) is 53.1 Å². The summed E-state index contributed by atoms with van der Waals surface area (Å²) in [5, 5.41) is 4.19. The Morgan fingerprint density at radius 2 is 2.67 bits per heavy atom. The minimum Gasteiger partial charge on any atom is -0.477 e. The number of hydrogen-bond donors (Lipinski definition) is 1. The van der Waals surface area contributed by atoms with Gasteiger partial charge < -0.3 is 10.5 Å². The first kappa shape index (κ1) is 7.61. The van der Waals surface area contributed by atoms with Crippen molar-refractivity contribution >= 4 is 0 Å². The summed E-state index contributed by atoms with van der Waals surface area (Å²) in [5.41, 5.74) is 6.52. The number of nitrogens with two attached hydrogens (primary N) is 1. The summed E-state index contributed by atoms with van der Waals surface area (Å²) in [6.07, 6.45) is 1.79. The fourth-order valence-electron chi connectivity index (χ4n) is 1.42. The van der Waals surface area contributed by atoms with Gasteiger partial charge in [0.1, 0.15) is 0 Å². The molecule has 0 aliphatic carbocycles. The van der Waals surface area contributed by atoms with Crippen molar-refractivity contribution in [1.29, 1.82) is 0 Å². The molecule has 0 radical (unpaired) electrons. The van der Waals surface area contributed by atoms with E-state index in [9.17, 15) is 0 Å². The van der Waals surface area contributed by atoms with Crippen LogP contribution in [0.5, 0.6) is 5.88 Å². The van der Waals surface area contributed by atoms with E-state index in [1.165, 1.54) is 0 Å². The lowest BCUT2D eigenvalue weighted by Gasteiger charge is -2.21. The predicted octanol–water partition coefficient (Wildman–Crippen LogP) is 0.370. The third-order valence-corrected chi connectivity index (χ3v) is 2.07. The Labute approximate surface area is 71.3 Å². The van der Waals surface area contributed by atoms with E-state index < -0.39 is 0 Å². The molecule has 4 heteroatoms. The molecule has 0 unspecified atom stereocenters. The summed E-state index contributed by atoms with van der Waals surface area (Å²) in [6, 6.07) is 0. The van der Waals surface area contributed by atoms with Crippen LogP contribution >= 0.6 is 0 Å². The van der Waals surface area contributed by atoms with Gasteiger partial charge in [-0.2, -0.15) is 5.10 Å². The zero-order valence-corrected chi connectivity index (χ0v) is 7.16. The average Bonchev–Trinajstić information content (AvgIpc) is 2.46. The fourth-order valence-corrected chi connectivity index (χ4v) is 1.42. The molecule has 0 spiro atoms. The van der Waals surface area contributed by atoms with Gasteiger partial charge in [0.05, 0.1) is 19.3 Å². The smallest absolute Gasteiger partial charge is 0.216 e. The second-order valence-electron chi connectivity index (χ2n) is 3.28. The molecule has 0 amide bonds. The van der Waals surface area contributed by atoms with Crippen LogP contribution in [0.2, 0.25) is 0 Å². The van der Waals surface area contributed by atoms with Crippen molar-refractivity contribution in [2.45, 2.75) is 20.0 Å². The maximum absolute atomic E-state index is 5.52. The molecular weight excluding hydrogens is 154 g/mol. The molecule has 1 atom stereocenters. The fraction of sp³-hybridized carbons (Fsp3) is 0.625. The third-order valence-electron chi connectivity index (χ3n) is 2.07. The van der Waals surface area contributed by atoms with E-state index in [4.69, 9.17) is 10.5 Å². The molecule has 1 aromatic rings. The zero-order chi connectivity index (χ0) is 8.55.